The first-order valence-electron chi connectivity index (χ1n) is 4.23. The summed E-state index contributed by atoms with van der Waals surface area (Å²) >= 11 is 0. The standard InChI is InChI=1S/C9H13NO3/c11-6-5-10-9(12)4-3-8-2-1-7-13-8/h1-2,7,11H,3-6H2,(H,10,12). The SMILES string of the molecule is O=C(CCc1ccco1)NCCO. The van der Waals surface area contributed by atoms with Crippen molar-refractivity contribution in [2.75, 3.05) is 13.2 Å². The molecule has 0 aromatic carbocycles. The molecule has 0 spiro atoms. The van der Waals surface area contributed by atoms with Gasteiger partial charge >= 0.3 is 0 Å². The smallest absolute Gasteiger partial charge is 0.220 e. The molecule has 1 heterocycles. The summed E-state index contributed by atoms with van der Waals surface area (Å²) in [5, 5.41) is 11.0. The van der Waals surface area contributed by atoms with Crippen molar-refractivity contribution < 1.29 is 14.3 Å². The maximum absolute atomic E-state index is 11.0. The van der Waals surface area contributed by atoms with Crippen LogP contribution in [0.5, 0.6) is 0 Å². The Labute approximate surface area is 76.6 Å². The summed E-state index contributed by atoms with van der Waals surface area (Å²) in [6.07, 6.45) is 2.58. The average Bonchev–Trinajstić information content (AvgIpc) is 2.64. The molecule has 0 aliphatic heterocycles. The Kier molecular flexibility index (Phi) is 4.05. The maximum Gasteiger partial charge on any atom is 0.220 e. The lowest BCUT2D eigenvalue weighted by atomic mass is 10.2. The fraction of sp³-hybridized carbons (Fsp3) is 0.444. The molecule has 1 rings (SSSR count). The zero-order chi connectivity index (χ0) is 9.52. The van der Waals surface area contributed by atoms with Crippen LogP contribution in [0.1, 0.15) is 12.2 Å². The van der Waals surface area contributed by atoms with Gasteiger partial charge in [-0.3, -0.25) is 4.79 Å². The number of aryl methyl sites for hydroxylation is 1. The lowest BCUT2D eigenvalue weighted by molar-refractivity contribution is -0.121. The molecule has 1 aromatic rings. The number of rotatable bonds is 5. The van der Waals surface area contributed by atoms with Gasteiger partial charge in [0.2, 0.25) is 5.91 Å². The largest absolute Gasteiger partial charge is 0.469 e. The molecule has 1 aromatic heterocycles. The van der Waals surface area contributed by atoms with Crippen LogP contribution in [0.2, 0.25) is 0 Å². The van der Waals surface area contributed by atoms with E-state index in [9.17, 15) is 4.79 Å². The maximum atomic E-state index is 11.0. The van der Waals surface area contributed by atoms with Gasteiger partial charge in [0, 0.05) is 19.4 Å². The Morgan fingerprint density at radius 3 is 3.08 bits per heavy atom. The summed E-state index contributed by atoms with van der Waals surface area (Å²) in [7, 11) is 0. The molecule has 0 aliphatic carbocycles. The summed E-state index contributed by atoms with van der Waals surface area (Å²) in [6, 6.07) is 3.63. The second kappa shape index (κ2) is 5.37. The van der Waals surface area contributed by atoms with Gasteiger partial charge in [-0.25, -0.2) is 0 Å². The third-order valence-electron chi connectivity index (χ3n) is 1.61. The highest BCUT2D eigenvalue weighted by Crippen LogP contribution is 2.02. The highest BCUT2D eigenvalue weighted by molar-refractivity contribution is 5.75. The minimum Gasteiger partial charge on any atom is -0.469 e. The van der Waals surface area contributed by atoms with Gasteiger partial charge in [-0.05, 0) is 12.1 Å². The molecular weight excluding hydrogens is 170 g/mol. The number of amides is 1. The Morgan fingerprint density at radius 2 is 2.46 bits per heavy atom. The van der Waals surface area contributed by atoms with Crippen LogP contribution in [0.3, 0.4) is 0 Å². The highest BCUT2D eigenvalue weighted by atomic mass is 16.3. The molecule has 4 nitrogen and oxygen atoms in total. The van der Waals surface area contributed by atoms with Crippen molar-refractivity contribution >= 4 is 5.91 Å². The van der Waals surface area contributed by atoms with Crippen LogP contribution in [0.4, 0.5) is 0 Å². The molecule has 4 heteroatoms. The van der Waals surface area contributed by atoms with Crippen LogP contribution in [0.15, 0.2) is 22.8 Å². The second-order valence-corrected chi connectivity index (χ2v) is 2.65. The number of hydrogen-bond acceptors (Lipinski definition) is 3. The van der Waals surface area contributed by atoms with Gasteiger partial charge in [0.1, 0.15) is 5.76 Å². The monoisotopic (exact) mass is 183 g/mol. The van der Waals surface area contributed by atoms with E-state index in [4.69, 9.17) is 9.52 Å². The normalized spacial score (nSPS) is 9.92. The summed E-state index contributed by atoms with van der Waals surface area (Å²) in [6.45, 7) is 0.295. The lowest BCUT2D eigenvalue weighted by Gasteiger charge is -2.00. The van der Waals surface area contributed by atoms with E-state index in [1.807, 2.05) is 6.07 Å². The molecule has 0 atom stereocenters. The van der Waals surface area contributed by atoms with E-state index >= 15 is 0 Å². The van der Waals surface area contributed by atoms with Crippen molar-refractivity contribution in [1.82, 2.24) is 5.32 Å². The quantitative estimate of drug-likeness (QED) is 0.691. The number of nitrogens with one attached hydrogen (secondary N) is 1. The lowest BCUT2D eigenvalue weighted by Crippen LogP contribution is -2.26. The number of carbonyl (C=O) groups excluding carboxylic acids is 1. The minimum absolute atomic E-state index is 0.0213. The zero-order valence-electron chi connectivity index (χ0n) is 7.32. The molecule has 2 N–H and O–H groups in total. The molecule has 0 fully saturated rings. The molecule has 72 valence electrons. The Morgan fingerprint density at radius 1 is 1.62 bits per heavy atom. The number of aliphatic hydroxyl groups is 1. The van der Waals surface area contributed by atoms with E-state index in [1.165, 1.54) is 0 Å². The Hall–Kier alpha value is -1.29. The van der Waals surface area contributed by atoms with Gasteiger partial charge in [0.15, 0.2) is 0 Å². The van der Waals surface area contributed by atoms with E-state index < -0.39 is 0 Å². The summed E-state index contributed by atoms with van der Waals surface area (Å²) in [5.41, 5.74) is 0. The molecule has 0 unspecified atom stereocenters. The van der Waals surface area contributed by atoms with Gasteiger partial charge < -0.3 is 14.8 Å². The van der Waals surface area contributed by atoms with Gasteiger partial charge in [-0.2, -0.15) is 0 Å². The highest BCUT2D eigenvalue weighted by Gasteiger charge is 2.02. The fourth-order valence-corrected chi connectivity index (χ4v) is 0.975. The first-order chi connectivity index (χ1) is 6.33. The molecular formula is C9H13NO3. The van der Waals surface area contributed by atoms with Crippen LogP contribution in [-0.2, 0) is 11.2 Å². The van der Waals surface area contributed by atoms with Gasteiger partial charge in [0.25, 0.3) is 0 Å². The van der Waals surface area contributed by atoms with Crippen LogP contribution in [0.25, 0.3) is 0 Å². The van der Waals surface area contributed by atoms with Gasteiger partial charge in [-0.15, -0.1) is 0 Å². The minimum atomic E-state index is -0.0644. The molecule has 0 bridgehead atoms. The molecule has 0 aliphatic rings. The third kappa shape index (κ3) is 3.75. The van der Waals surface area contributed by atoms with Gasteiger partial charge in [-0.1, -0.05) is 0 Å². The first kappa shape index (κ1) is 9.80. The molecule has 0 saturated carbocycles. The van der Waals surface area contributed by atoms with Crippen molar-refractivity contribution in [3.8, 4) is 0 Å². The third-order valence-corrected chi connectivity index (χ3v) is 1.61. The Balaban J connectivity index is 2.15. The zero-order valence-corrected chi connectivity index (χ0v) is 7.32. The van der Waals surface area contributed by atoms with Crippen molar-refractivity contribution in [2.45, 2.75) is 12.8 Å². The number of aliphatic hydroxyl groups excluding tert-OH is 1. The second-order valence-electron chi connectivity index (χ2n) is 2.65. The number of hydrogen-bond donors (Lipinski definition) is 2. The van der Waals surface area contributed by atoms with Crippen LogP contribution < -0.4 is 5.32 Å². The van der Waals surface area contributed by atoms with Crippen molar-refractivity contribution in [2.24, 2.45) is 0 Å². The fourth-order valence-electron chi connectivity index (χ4n) is 0.975. The summed E-state index contributed by atoms with van der Waals surface area (Å²) in [5.74, 6) is 0.740. The first-order valence-corrected chi connectivity index (χ1v) is 4.23. The van der Waals surface area contributed by atoms with Crippen LogP contribution >= 0.6 is 0 Å². The van der Waals surface area contributed by atoms with Crippen LogP contribution in [-0.4, -0.2) is 24.2 Å². The predicted octanol–water partition coefficient (Wildman–Crippen LogP) is 0.321. The van der Waals surface area contributed by atoms with E-state index in [1.54, 1.807) is 12.3 Å². The Bertz CT molecular complexity index is 243. The summed E-state index contributed by atoms with van der Waals surface area (Å²) < 4.78 is 5.06. The summed E-state index contributed by atoms with van der Waals surface area (Å²) in [4.78, 5) is 11.0. The topological polar surface area (TPSA) is 62.5 Å². The van der Waals surface area contributed by atoms with E-state index in [2.05, 4.69) is 5.32 Å². The number of furan rings is 1. The van der Waals surface area contributed by atoms with Crippen molar-refractivity contribution in [3.63, 3.8) is 0 Å². The molecule has 0 saturated heterocycles. The van der Waals surface area contributed by atoms with E-state index in [0.717, 1.165) is 5.76 Å². The number of carbonyl (C=O) groups is 1. The van der Waals surface area contributed by atoms with Gasteiger partial charge in [0.05, 0.1) is 12.9 Å². The van der Waals surface area contributed by atoms with Crippen molar-refractivity contribution in [3.05, 3.63) is 24.2 Å². The van der Waals surface area contributed by atoms with Crippen LogP contribution in [0, 0.1) is 0 Å². The predicted molar refractivity (Wildman–Crippen MR) is 47.1 cm³/mol. The van der Waals surface area contributed by atoms with E-state index in [-0.39, 0.29) is 12.5 Å². The molecule has 13 heavy (non-hydrogen) atoms. The average molecular weight is 183 g/mol. The van der Waals surface area contributed by atoms with E-state index in [0.29, 0.717) is 19.4 Å². The molecule has 1 amide bonds. The molecule has 0 radical (unpaired) electrons. The van der Waals surface area contributed by atoms with Crippen molar-refractivity contribution in [1.29, 1.82) is 0 Å².